The molecule has 6 nitrogen and oxygen atoms in total. The monoisotopic (exact) mass is 324 g/mol. The highest BCUT2D eigenvalue weighted by molar-refractivity contribution is 5.84. The fourth-order valence-electron chi connectivity index (χ4n) is 1.66. The fraction of sp³-hybridized carbons (Fsp3) is 0.500. The number of halogens is 1. The molecule has 0 fully saturated rings. The zero-order valence-corrected chi connectivity index (χ0v) is 14.1. The van der Waals surface area contributed by atoms with E-state index >= 15 is 0 Å². The van der Waals surface area contributed by atoms with Crippen molar-refractivity contribution in [3.63, 3.8) is 0 Å². The zero-order valence-electron chi connectivity index (χ0n) is 14.1. The third-order valence-electron chi connectivity index (χ3n) is 2.92. The number of carbonyl (C=O) groups is 1. The molecule has 128 valence electrons. The van der Waals surface area contributed by atoms with Crippen LogP contribution in [-0.4, -0.2) is 56.6 Å². The number of nitrogens with one attached hydrogen (secondary N) is 2. The predicted octanol–water partition coefficient (Wildman–Crippen LogP) is 1.24. The number of hydrogen-bond donors (Lipinski definition) is 2. The van der Waals surface area contributed by atoms with Crippen molar-refractivity contribution < 1.29 is 13.9 Å². The van der Waals surface area contributed by atoms with Gasteiger partial charge in [-0.2, -0.15) is 0 Å². The average Bonchev–Trinajstić information content (AvgIpc) is 2.51. The van der Waals surface area contributed by atoms with E-state index in [2.05, 4.69) is 15.6 Å². The lowest BCUT2D eigenvalue weighted by Gasteiger charge is -2.18. The Morgan fingerprint density at radius 1 is 1.30 bits per heavy atom. The molecule has 0 radical (unpaired) electrons. The van der Waals surface area contributed by atoms with Gasteiger partial charge in [0.15, 0.2) is 5.96 Å². The molecule has 1 atom stereocenters. The molecule has 0 spiro atoms. The highest BCUT2D eigenvalue weighted by atomic mass is 19.1. The molecule has 1 rings (SSSR count). The molecule has 0 bridgehead atoms. The van der Waals surface area contributed by atoms with Gasteiger partial charge in [0.25, 0.3) is 0 Å². The Bertz CT molecular complexity index is 517. The lowest BCUT2D eigenvalue weighted by molar-refractivity contribution is -0.127. The molecule has 2 N–H and O–H groups in total. The van der Waals surface area contributed by atoms with E-state index < -0.39 is 0 Å². The van der Waals surface area contributed by atoms with E-state index in [-0.39, 0.29) is 24.4 Å². The molecule has 1 unspecified atom stereocenters. The van der Waals surface area contributed by atoms with Gasteiger partial charge in [-0.3, -0.25) is 4.79 Å². The van der Waals surface area contributed by atoms with Gasteiger partial charge < -0.3 is 20.3 Å². The fourth-order valence-corrected chi connectivity index (χ4v) is 1.66. The lowest BCUT2D eigenvalue weighted by atomic mass is 10.3. The van der Waals surface area contributed by atoms with Crippen LogP contribution in [0.5, 0.6) is 5.75 Å². The smallest absolute Gasteiger partial charge is 0.243 e. The van der Waals surface area contributed by atoms with E-state index in [0.29, 0.717) is 24.8 Å². The van der Waals surface area contributed by atoms with E-state index in [1.807, 2.05) is 13.8 Å². The first-order valence-corrected chi connectivity index (χ1v) is 7.57. The van der Waals surface area contributed by atoms with Crippen molar-refractivity contribution in [1.82, 2.24) is 15.5 Å². The van der Waals surface area contributed by atoms with E-state index in [4.69, 9.17) is 4.74 Å². The Balaban J connectivity index is 2.48. The van der Waals surface area contributed by atoms with Crippen molar-refractivity contribution in [2.45, 2.75) is 20.0 Å². The molecule has 1 aromatic carbocycles. The summed E-state index contributed by atoms with van der Waals surface area (Å²) in [5.74, 6) is 0.788. The molecule has 0 saturated heterocycles. The normalized spacial score (nSPS) is 12.5. The highest BCUT2D eigenvalue weighted by Gasteiger charge is 2.07. The van der Waals surface area contributed by atoms with Gasteiger partial charge >= 0.3 is 0 Å². The molecular weight excluding hydrogens is 299 g/mol. The van der Waals surface area contributed by atoms with Crippen LogP contribution >= 0.6 is 0 Å². The maximum absolute atomic E-state index is 12.8. The van der Waals surface area contributed by atoms with Gasteiger partial charge in [0, 0.05) is 20.6 Å². The second-order valence-corrected chi connectivity index (χ2v) is 5.25. The summed E-state index contributed by atoms with van der Waals surface area (Å²) in [6.45, 7) is 5.11. The van der Waals surface area contributed by atoms with E-state index in [0.717, 1.165) is 0 Å². The SMILES string of the molecule is CCNC(=NCC(=O)N(C)C)NCC(C)Oc1ccc(F)cc1. The second kappa shape index (κ2) is 9.66. The van der Waals surface area contributed by atoms with Crippen molar-refractivity contribution in [1.29, 1.82) is 0 Å². The van der Waals surface area contributed by atoms with Crippen molar-refractivity contribution in [3.8, 4) is 5.75 Å². The van der Waals surface area contributed by atoms with Crippen LogP contribution in [0.15, 0.2) is 29.3 Å². The molecule has 1 amide bonds. The van der Waals surface area contributed by atoms with Crippen LogP contribution in [0.1, 0.15) is 13.8 Å². The van der Waals surface area contributed by atoms with Crippen LogP contribution in [0.2, 0.25) is 0 Å². The number of ether oxygens (including phenoxy) is 1. The Morgan fingerprint density at radius 2 is 1.96 bits per heavy atom. The van der Waals surface area contributed by atoms with Gasteiger partial charge in [-0.1, -0.05) is 0 Å². The third kappa shape index (κ3) is 7.49. The molecule has 7 heteroatoms. The summed E-state index contributed by atoms with van der Waals surface area (Å²) >= 11 is 0. The van der Waals surface area contributed by atoms with Gasteiger partial charge in [0.05, 0.1) is 6.54 Å². The number of hydrogen-bond acceptors (Lipinski definition) is 3. The van der Waals surface area contributed by atoms with Crippen molar-refractivity contribution >= 4 is 11.9 Å². The minimum Gasteiger partial charge on any atom is -0.489 e. The maximum atomic E-state index is 12.8. The maximum Gasteiger partial charge on any atom is 0.243 e. The number of likely N-dealkylation sites (N-methyl/N-ethyl adjacent to an activating group) is 1. The number of guanidine groups is 1. The summed E-state index contributed by atoms with van der Waals surface area (Å²) in [6.07, 6.45) is -0.145. The van der Waals surface area contributed by atoms with Crippen LogP contribution in [0.25, 0.3) is 0 Å². The number of benzene rings is 1. The standard InChI is InChI=1S/C16H25FN4O2/c1-5-18-16(20-11-15(22)21(3)4)19-10-12(2)23-14-8-6-13(17)7-9-14/h6-9,12H,5,10-11H2,1-4H3,(H2,18,19,20). The Kier molecular flexibility index (Phi) is 7.87. The Morgan fingerprint density at radius 3 is 2.52 bits per heavy atom. The summed E-state index contributed by atoms with van der Waals surface area (Å²) in [5.41, 5.74) is 0. The van der Waals surface area contributed by atoms with E-state index in [1.165, 1.54) is 17.0 Å². The quantitative estimate of drug-likeness (QED) is 0.585. The predicted molar refractivity (Wildman–Crippen MR) is 89.2 cm³/mol. The van der Waals surface area contributed by atoms with Crippen LogP contribution in [0.3, 0.4) is 0 Å². The molecule has 0 saturated carbocycles. The molecule has 0 aromatic heterocycles. The average molecular weight is 324 g/mol. The Labute approximate surface area is 136 Å². The van der Waals surface area contributed by atoms with Crippen molar-refractivity contribution in [3.05, 3.63) is 30.1 Å². The van der Waals surface area contributed by atoms with Crippen LogP contribution in [0.4, 0.5) is 4.39 Å². The number of nitrogens with zero attached hydrogens (tertiary/aromatic N) is 2. The number of rotatable bonds is 7. The Hall–Kier alpha value is -2.31. The molecule has 23 heavy (non-hydrogen) atoms. The van der Waals surface area contributed by atoms with Gasteiger partial charge in [-0.05, 0) is 38.1 Å². The van der Waals surface area contributed by atoms with Crippen molar-refractivity contribution in [2.75, 3.05) is 33.7 Å². The summed E-state index contributed by atoms with van der Waals surface area (Å²) < 4.78 is 18.5. The zero-order chi connectivity index (χ0) is 17.2. The summed E-state index contributed by atoms with van der Waals surface area (Å²) in [5, 5.41) is 6.18. The molecule has 0 aliphatic carbocycles. The minimum atomic E-state index is -0.296. The summed E-state index contributed by atoms with van der Waals surface area (Å²) in [4.78, 5) is 17.3. The first-order valence-electron chi connectivity index (χ1n) is 7.57. The summed E-state index contributed by atoms with van der Waals surface area (Å²) in [6, 6.07) is 5.88. The number of carbonyl (C=O) groups excluding carboxylic acids is 1. The molecule has 0 heterocycles. The minimum absolute atomic E-state index is 0.0715. The lowest BCUT2D eigenvalue weighted by Crippen LogP contribution is -2.42. The second-order valence-electron chi connectivity index (χ2n) is 5.25. The molecule has 1 aromatic rings. The first-order chi connectivity index (χ1) is 10.9. The first kappa shape index (κ1) is 18.7. The third-order valence-corrected chi connectivity index (χ3v) is 2.92. The van der Waals surface area contributed by atoms with Gasteiger partial charge in [-0.25, -0.2) is 9.38 Å². The van der Waals surface area contributed by atoms with Crippen molar-refractivity contribution in [2.24, 2.45) is 4.99 Å². The van der Waals surface area contributed by atoms with E-state index in [9.17, 15) is 9.18 Å². The van der Waals surface area contributed by atoms with Gasteiger partial charge in [-0.15, -0.1) is 0 Å². The van der Waals surface area contributed by atoms with Crippen LogP contribution in [0, 0.1) is 5.82 Å². The van der Waals surface area contributed by atoms with Crippen LogP contribution < -0.4 is 15.4 Å². The van der Waals surface area contributed by atoms with E-state index in [1.54, 1.807) is 26.2 Å². The molecule has 0 aliphatic heterocycles. The van der Waals surface area contributed by atoms with Gasteiger partial charge in [0.1, 0.15) is 24.2 Å². The largest absolute Gasteiger partial charge is 0.489 e. The molecular formula is C16H25FN4O2. The topological polar surface area (TPSA) is 66.0 Å². The van der Waals surface area contributed by atoms with Crippen LogP contribution in [-0.2, 0) is 4.79 Å². The molecule has 0 aliphatic rings. The summed E-state index contributed by atoms with van der Waals surface area (Å²) in [7, 11) is 3.38. The highest BCUT2D eigenvalue weighted by Crippen LogP contribution is 2.12. The number of amides is 1. The number of aliphatic imine (C=N–C) groups is 1. The van der Waals surface area contributed by atoms with Gasteiger partial charge in [0.2, 0.25) is 5.91 Å².